The Kier molecular flexibility index (Phi) is 4.97. The van der Waals surface area contributed by atoms with Crippen LogP contribution < -0.4 is 4.90 Å². The molecule has 1 aromatic rings. The lowest BCUT2D eigenvalue weighted by atomic mass is 9.96. The molecular weight excluding hydrogens is 324 g/mol. The van der Waals surface area contributed by atoms with E-state index in [1.165, 1.54) is 6.42 Å². The van der Waals surface area contributed by atoms with Gasteiger partial charge in [0.2, 0.25) is 15.9 Å². The van der Waals surface area contributed by atoms with E-state index in [9.17, 15) is 13.2 Å². The van der Waals surface area contributed by atoms with E-state index in [4.69, 9.17) is 0 Å². The Morgan fingerprint density at radius 3 is 2.42 bits per heavy atom. The Hall–Kier alpha value is -1.40. The first-order valence-electron chi connectivity index (χ1n) is 8.80. The summed E-state index contributed by atoms with van der Waals surface area (Å²) in [5.74, 6) is 0.119. The fraction of sp³-hybridized carbons (Fsp3) is 0.611. The minimum absolute atomic E-state index is 0.101. The van der Waals surface area contributed by atoms with Gasteiger partial charge in [0.05, 0.1) is 4.90 Å². The van der Waals surface area contributed by atoms with Gasteiger partial charge in [-0.25, -0.2) is 8.42 Å². The Labute approximate surface area is 144 Å². The number of hydrogen-bond acceptors (Lipinski definition) is 3. The van der Waals surface area contributed by atoms with Crippen molar-refractivity contribution in [2.24, 2.45) is 0 Å². The molecule has 1 heterocycles. The summed E-state index contributed by atoms with van der Waals surface area (Å²) in [6.07, 6.45) is 6.71. The largest absolute Gasteiger partial charge is 0.312 e. The van der Waals surface area contributed by atoms with Crippen LogP contribution in [0.4, 0.5) is 5.69 Å². The Morgan fingerprint density at radius 1 is 1.12 bits per heavy atom. The minimum Gasteiger partial charge on any atom is -0.312 e. The third-order valence-electron chi connectivity index (χ3n) is 5.30. The van der Waals surface area contributed by atoms with Gasteiger partial charge in [0, 0.05) is 31.7 Å². The van der Waals surface area contributed by atoms with Crippen molar-refractivity contribution in [2.45, 2.75) is 62.8 Å². The van der Waals surface area contributed by atoms with Crippen LogP contribution in [0.5, 0.6) is 0 Å². The van der Waals surface area contributed by atoms with E-state index in [1.807, 2.05) is 6.92 Å². The molecule has 1 aliphatic heterocycles. The number of hydrogen-bond donors (Lipinski definition) is 0. The molecule has 0 bridgehead atoms. The zero-order chi connectivity index (χ0) is 17.3. The third kappa shape index (κ3) is 3.22. The maximum absolute atomic E-state index is 12.9. The number of anilines is 1. The van der Waals surface area contributed by atoms with E-state index in [1.54, 1.807) is 34.5 Å². The van der Waals surface area contributed by atoms with Crippen molar-refractivity contribution in [3.8, 4) is 0 Å². The molecule has 0 atom stereocenters. The van der Waals surface area contributed by atoms with Gasteiger partial charge in [-0.3, -0.25) is 4.79 Å². The Balaban J connectivity index is 1.85. The van der Waals surface area contributed by atoms with Gasteiger partial charge in [-0.1, -0.05) is 19.3 Å². The van der Waals surface area contributed by atoms with Crippen LogP contribution in [0.2, 0.25) is 0 Å². The minimum atomic E-state index is -3.49. The summed E-state index contributed by atoms with van der Waals surface area (Å²) in [4.78, 5) is 14.0. The van der Waals surface area contributed by atoms with Crippen LogP contribution in [-0.4, -0.2) is 38.3 Å². The second-order valence-corrected chi connectivity index (χ2v) is 8.91. The van der Waals surface area contributed by atoms with Crippen LogP contribution in [0, 0.1) is 6.92 Å². The second kappa shape index (κ2) is 6.84. The molecule has 0 N–H and O–H groups in total. The van der Waals surface area contributed by atoms with Crippen molar-refractivity contribution in [1.29, 1.82) is 0 Å². The second-order valence-electron chi connectivity index (χ2n) is 6.91. The third-order valence-corrected chi connectivity index (χ3v) is 7.20. The predicted octanol–water partition coefficient (Wildman–Crippen LogP) is 3.08. The number of nitrogens with zero attached hydrogens (tertiary/aromatic N) is 2. The first kappa shape index (κ1) is 17.4. The molecule has 3 rings (SSSR count). The lowest BCUT2D eigenvalue weighted by molar-refractivity contribution is -0.117. The van der Waals surface area contributed by atoms with Gasteiger partial charge in [-0.05, 0) is 49.9 Å². The number of sulfonamides is 1. The summed E-state index contributed by atoms with van der Waals surface area (Å²) in [6, 6.07) is 5.22. The van der Waals surface area contributed by atoms with Crippen LogP contribution in [0.25, 0.3) is 0 Å². The van der Waals surface area contributed by atoms with Crippen molar-refractivity contribution >= 4 is 21.6 Å². The quantitative estimate of drug-likeness (QED) is 0.838. The molecule has 6 heteroatoms. The smallest absolute Gasteiger partial charge is 0.243 e. The van der Waals surface area contributed by atoms with Gasteiger partial charge in [0.1, 0.15) is 0 Å². The van der Waals surface area contributed by atoms with E-state index in [0.717, 1.165) is 43.4 Å². The number of carbonyl (C=O) groups is 1. The fourth-order valence-corrected chi connectivity index (χ4v) is 5.30. The summed E-state index contributed by atoms with van der Waals surface area (Å²) >= 11 is 0. The molecule has 1 saturated heterocycles. The van der Waals surface area contributed by atoms with Crippen LogP contribution in [0.1, 0.15) is 50.5 Å². The van der Waals surface area contributed by atoms with Crippen molar-refractivity contribution in [3.63, 3.8) is 0 Å². The van der Waals surface area contributed by atoms with E-state index >= 15 is 0 Å². The number of rotatable bonds is 4. The first-order valence-corrected chi connectivity index (χ1v) is 10.2. The average Bonchev–Trinajstić information content (AvgIpc) is 3.00. The van der Waals surface area contributed by atoms with Crippen LogP contribution in [0.3, 0.4) is 0 Å². The van der Waals surface area contributed by atoms with E-state index in [2.05, 4.69) is 0 Å². The highest BCUT2D eigenvalue weighted by molar-refractivity contribution is 7.89. The summed E-state index contributed by atoms with van der Waals surface area (Å²) in [7, 11) is -1.79. The zero-order valence-corrected chi connectivity index (χ0v) is 15.3. The number of amides is 1. The van der Waals surface area contributed by atoms with Gasteiger partial charge in [0.15, 0.2) is 0 Å². The highest BCUT2D eigenvalue weighted by atomic mass is 32.2. The maximum Gasteiger partial charge on any atom is 0.243 e. The molecule has 24 heavy (non-hydrogen) atoms. The molecule has 0 unspecified atom stereocenters. The van der Waals surface area contributed by atoms with E-state index in [-0.39, 0.29) is 11.9 Å². The number of benzene rings is 1. The normalized spacial score (nSPS) is 20.1. The monoisotopic (exact) mass is 350 g/mol. The van der Waals surface area contributed by atoms with Crippen LogP contribution in [0.15, 0.2) is 23.1 Å². The van der Waals surface area contributed by atoms with E-state index in [0.29, 0.717) is 17.9 Å². The van der Waals surface area contributed by atoms with Crippen molar-refractivity contribution in [1.82, 2.24) is 4.31 Å². The Bertz CT molecular complexity index is 724. The predicted molar refractivity (Wildman–Crippen MR) is 94.6 cm³/mol. The molecule has 1 saturated carbocycles. The van der Waals surface area contributed by atoms with Gasteiger partial charge < -0.3 is 4.90 Å². The molecule has 2 aliphatic rings. The molecule has 2 fully saturated rings. The van der Waals surface area contributed by atoms with Crippen molar-refractivity contribution in [2.75, 3.05) is 18.5 Å². The zero-order valence-electron chi connectivity index (χ0n) is 14.5. The lowest BCUT2D eigenvalue weighted by Gasteiger charge is -2.30. The molecule has 0 radical (unpaired) electrons. The molecular formula is C18H26N2O3S. The van der Waals surface area contributed by atoms with Crippen LogP contribution in [-0.2, 0) is 14.8 Å². The van der Waals surface area contributed by atoms with Crippen molar-refractivity contribution in [3.05, 3.63) is 23.8 Å². The summed E-state index contributed by atoms with van der Waals surface area (Å²) in [5.41, 5.74) is 1.67. The van der Waals surface area contributed by atoms with Gasteiger partial charge in [-0.15, -0.1) is 0 Å². The molecule has 0 aromatic heterocycles. The molecule has 0 spiro atoms. The van der Waals surface area contributed by atoms with E-state index < -0.39 is 10.0 Å². The molecule has 1 aliphatic carbocycles. The lowest BCUT2D eigenvalue weighted by Crippen LogP contribution is -2.38. The standard InChI is InChI=1S/C18H26N2O3S/c1-14-13-16(10-11-17(14)20-12-6-9-18(20)21)24(22,23)19(2)15-7-4-3-5-8-15/h10-11,13,15H,3-9,12H2,1-2H3. The Morgan fingerprint density at radius 2 is 1.83 bits per heavy atom. The molecule has 132 valence electrons. The first-order chi connectivity index (χ1) is 11.4. The van der Waals surface area contributed by atoms with Crippen LogP contribution >= 0.6 is 0 Å². The molecule has 1 aromatic carbocycles. The van der Waals surface area contributed by atoms with Gasteiger partial charge in [-0.2, -0.15) is 4.31 Å². The number of carbonyl (C=O) groups excluding carboxylic acids is 1. The average molecular weight is 350 g/mol. The number of aryl methyl sites for hydroxylation is 1. The summed E-state index contributed by atoms with van der Waals surface area (Å²) < 4.78 is 27.4. The molecule has 1 amide bonds. The van der Waals surface area contributed by atoms with Gasteiger partial charge in [0.25, 0.3) is 0 Å². The SMILES string of the molecule is Cc1cc(S(=O)(=O)N(C)C2CCCCC2)ccc1N1CCCC1=O. The summed E-state index contributed by atoms with van der Waals surface area (Å²) in [5, 5.41) is 0. The maximum atomic E-state index is 12.9. The highest BCUT2D eigenvalue weighted by Crippen LogP contribution is 2.30. The fourth-order valence-electron chi connectivity index (χ4n) is 3.80. The molecule has 5 nitrogen and oxygen atoms in total. The highest BCUT2D eigenvalue weighted by Gasteiger charge is 2.30. The topological polar surface area (TPSA) is 57.7 Å². The van der Waals surface area contributed by atoms with Crippen molar-refractivity contribution < 1.29 is 13.2 Å². The summed E-state index contributed by atoms with van der Waals surface area (Å²) in [6.45, 7) is 2.59. The van der Waals surface area contributed by atoms with Gasteiger partial charge >= 0.3 is 0 Å².